The lowest BCUT2D eigenvalue weighted by Crippen LogP contribution is -2.28. The van der Waals surface area contributed by atoms with E-state index in [9.17, 15) is 19.3 Å². The van der Waals surface area contributed by atoms with E-state index in [1.807, 2.05) is 0 Å². The van der Waals surface area contributed by atoms with Crippen LogP contribution in [0.25, 0.3) is 0 Å². The van der Waals surface area contributed by atoms with Crippen LogP contribution in [0.4, 0.5) is 15.8 Å². The smallest absolute Gasteiger partial charge is 0.292 e. The Bertz CT molecular complexity index is 677. The number of hydrogen-bond acceptors (Lipinski definition) is 4. The van der Waals surface area contributed by atoms with Gasteiger partial charge in [-0.25, -0.2) is 4.39 Å². The number of nitro benzene ring substituents is 1. The number of benzene rings is 2. The first kappa shape index (κ1) is 15.4. The second-order valence-corrected chi connectivity index (χ2v) is 4.47. The number of carbonyl (C=O) groups excluding carboxylic acids is 1. The van der Waals surface area contributed by atoms with E-state index < -0.39 is 10.7 Å². The van der Waals surface area contributed by atoms with E-state index in [4.69, 9.17) is 0 Å². The molecule has 0 unspecified atom stereocenters. The number of nitrogens with one attached hydrogen (secondary N) is 2. The number of amides is 1. The zero-order valence-electron chi connectivity index (χ0n) is 11.6. The van der Waals surface area contributed by atoms with Crippen molar-refractivity contribution in [2.75, 3.05) is 18.4 Å². The van der Waals surface area contributed by atoms with Gasteiger partial charge in [0.15, 0.2) is 0 Å². The van der Waals surface area contributed by atoms with Gasteiger partial charge in [0, 0.05) is 30.8 Å². The van der Waals surface area contributed by atoms with Crippen LogP contribution in [0, 0.1) is 15.9 Å². The average Bonchev–Trinajstić information content (AvgIpc) is 2.52. The molecule has 0 saturated heterocycles. The number of anilines is 1. The van der Waals surface area contributed by atoms with Crippen molar-refractivity contribution >= 4 is 17.3 Å². The highest BCUT2D eigenvalue weighted by molar-refractivity contribution is 5.94. The van der Waals surface area contributed by atoms with E-state index in [2.05, 4.69) is 10.6 Å². The summed E-state index contributed by atoms with van der Waals surface area (Å²) in [5, 5.41) is 16.2. The normalized spacial score (nSPS) is 10.0. The first-order valence-corrected chi connectivity index (χ1v) is 6.59. The zero-order chi connectivity index (χ0) is 15.9. The molecule has 0 radical (unpaired) electrons. The molecule has 0 bridgehead atoms. The standard InChI is InChI=1S/C15H14FN3O3/c16-12-6-7-14(19(21)22)13(10-12)17-8-9-18-15(20)11-4-2-1-3-5-11/h1-7,10,17H,8-9H2,(H,18,20). The number of halogens is 1. The van der Waals surface area contributed by atoms with Gasteiger partial charge in [0.1, 0.15) is 11.5 Å². The van der Waals surface area contributed by atoms with Crippen LogP contribution in [0.5, 0.6) is 0 Å². The van der Waals surface area contributed by atoms with Gasteiger partial charge >= 0.3 is 0 Å². The van der Waals surface area contributed by atoms with Crippen LogP contribution in [0.2, 0.25) is 0 Å². The van der Waals surface area contributed by atoms with Crippen molar-refractivity contribution < 1.29 is 14.1 Å². The third kappa shape index (κ3) is 4.02. The SMILES string of the molecule is O=C(NCCNc1cc(F)ccc1[N+](=O)[O-])c1ccccc1. The maximum Gasteiger partial charge on any atom is 0.292 e. The van der Waals surface area contributed by atoms with E-state index in [1.54, 1.807) is 30.3 Å². The van der Waals surface area contributed by atoms with Crippen molar-refractivity contribution in [1.82, 2.24) is 5.32 Å². The molecule has 1 amide bonds. The number of nitro groups is 1. The molecule has 0 aliphatic carbocycles. The van der Waals surface area contributed by atoms with E-state index in [0.717, 1.165) is 18.2 Å². The zero-order valence-corrected chi connectivity index (χ0v) is 11.6. The Morgan fingerprint density at radius 2 is 1.86 bits per heavy atom. The maximum absolute atomic E-state index is 13.1. The van der Waals surface area contributed by atoms with Crippen molar-refractivity contribution in [1.29, 1.82) is 0 Å². The maximum atomic E-state index is 13.1. The highest BCUT2D eigenvalue weighted by Crippen LogP contribution is 2.24. The summed E-state index contributed by atoms with van der Waals surface area (Å²) in [5.41, 5.74) is 0.397. The average molecular weight is 303 g/mol. The van der Waals surface area contributed by atoms with Gasteiger partial charge in [-0.05, 0) is 18.2 Å². The Hall–Kier alpha value is -2.96. The molecule has 0 atom stereocenters. The summed E-state index contributed by atoms with van der Waals surface area (Å²) in [6.45, 7) is 0.490. The predicted molar refractivity (Wildman–Crippen MR) is 80.3 cm³/mol. The first-order valence-electron chi connectivity index (χ1n) is 6.59. The number of rotatable bonds is 6. The second kappa shape index (κ2) is 7.16. The van der Waals surface area contributed by atoms with Gasteiger partial charge < -0.3 is 10.6 Å². The van der Waals surface area contributed by atoms with Gasteiger partial charge in [0.2, 0.25) is 0 Å². The lowest BCUT2D eigenvalue weighted by atomic mass is 10.2. The Morgan fingerprint density at radius 1 is 1.14 bits per heavy atom. The monoisotopic (exact) mass is 303 g/mol. The van der Waals surface area contributed by atoms with Crippen molar-refractivity contribution in [2.24, 2.45) is 0 Å². The minimum atomic E-state index is -0.593. The van der Waals surface area contributed by atoms with Crippen LogP contribution in [-0.4, -0.2) is 23.9 Å². The molecule has 2 aromatic carbocycles. The predicted octanol–water partition coefficient (Wildman–Crippen LogP) is 2.58. The minimum absolute atomic E-state index is 0.0824. The lowest BCUT2D eigenvalue weighted by Gasteiger charge is -2.08. The van der Waals surface area contributed by atoms with Gasteiger partial charge in [-0.15, -0.1) is 0 Å². The molecule has 2 N–H and O–H groups in total. The summed E-state index contributed by atoms with van der Waals surface area (Å²) < 4.78 is 13.1. The Labute approximate surface area is 126 Å². The first-order chi connectivity index (χ1) is 10.6. The summed E-state index contributed by atoms with van der Waals surface area (Å²) in [5.74, 6) is -0.808. The lowest BCUT2D eigenvalue weighted by molar-refractivity contribution is -0.384. The summed E-state index contributed by atoms with van der Waals surface area (Å²) in [6.07, 6.45) is 0. The van der Waals surface area contributed by atoms with Crippen molar-refractivity contribution in [3.63, 3.8) is 0 Å². The fraction of sp³-hybridized carbons (Fsp3) is 0.133. The molecular weight excluding hydrogens is 289 g/mol. The van der Waals surface area contributed by atoms with Gasteiger partial charge in [0.05, 0.1) is 4.92 Å². The second-order valence-electron chi connectivity index (χ2n) is 4.47. The molecule has 114 valence electrons. The van der Waals surface area contributed by atoms with Crippen LogP contribution >= 0.6 is 0 Å². The molecule has 0 heterocycles. The van der Waals surface area contributed by atoms with Crippen molar-refractivity contribution in [2.45, 2.75) is 0 Å². The van der Waals surface area contributed by atoms with Crippen molar-refractivity contribution in [3.8, 4) is 0 Å². The summed E-state index contributed by atoms with van der Waals surface area (Å²) in [6, 6.07) is 11.9. The van der Waals surface area contributed by atoms with Crippen LogP contribution < -0.4 is 10.6 Å². The highest BCUT2D eigenvalue weighted by Gasteiger charge is 2.13. The van der Waals surface area contributed by atoms with Gasteiger partial charge in [-0.2, -0.15) is 0 Å². The molecular formula is C15H14FN3O3. The third-order valence-corrected chi connectivity index (χ3v) is 2.92. The van der Waals surface area contributed by atoms with Gasteiger partial charge in [-0.3, -0.25) is 14.9 Å². The van der Waals surface area contributed by atoms with Crippen LogP contribution in [0.3, 0.4) is 0 Å². The largest absolute Gasteiger partial charge is 0.378 e. The minimum Gasteiger partial charge on any atom is -0.378 e. The number of hydrogen-bond donors (Lipinski definition) is 2. The molecule has 6 nitrogen and oxygen atoms in total. The van der Waals surface area contributed by atoms with Gasteiger partial charge in [-0.1, -0.05) is 18.2 Å². The van der Waals surface area contributed by atoms with E-state index >= 15 is 0 Å². The summed E-state index contributed by atoms with van der Waals surface area (Å²) in [4.78, 5) is 22.0. The van der Waals surface area contributed by atoms with E-state index in [1.165, 1.54) is 0 Å². The third-order valence-electron chi connectivity index (χ3n) is 2.92. The molecule has 7 heteroatoms. The van der Waals surface area contributed by atoms with E-state index in [-0.39, 0.29) is 30.4 Å². The molecule has 0 aliphatic heterocycles. The fourth-order valence-corrected chi connectivity index (χ4v) is 1.87. The van der Waals surface area contributed by atoms with Crippen LogP contribution in [0.15, 0.2) is 48.5 Å². The fourth-order valence-electron chi connectivity index (χ4n) is 1.87. The molecule has 22 heavy (non-hydrogen) atoms. The topological polar surface area (TPSA) is 84.3 Å². The summed E-state index contributed by atoms with van der Waals surface area (Å²) >= 11 is 0. The Morgan fingerprint density at radius 3 is 2.55 bits per heavy atom. The molecule has 2 aromatic rings. The molecule has 0 spiro atoms. The quantitative estimate of drug-likeness (QED) is 0.488. The van der Waals surface area contributed by atoms with Crippen LogP contribution in [-0.2, 0) is 0 Å². The number of carbonyl (C=O) groups is 1. The highest BCUT2D eigenvalue weighted by atomic mass is 19.1. The number of nitrogens with zero attached hydrogens (tertiary/aromatic N) is 1. The molecule has 0 saturated carbocycles. The molecule has 0 fully saturated rings. The Kier molecular flexibility index (Phi) is 5.02. The van der Waals surface area contributed by atoms with Crippen molar-refractivity contribution in [3.05, 3.63) is 70.0 Å². The van der Waals surface area contributed by atoms with E-state index in [0.29, 0.717) is 5.56 Å². The Balaban J connectivity index is 1.88. The van der Waals surface area contributed by atoms with Crippen LogP contribution in [0.1, 0.15) is 10.4 Å². The summed E-state index contributed by atoms with van der Waals surface area (Å²) in [7, 11) is 0. The molecule has 0 aliphatic rings. The van der Waals surface area contributed by atoms with Gasteiger partial charge in [0.25, 0.3) is 11.6 Å². The molecule has 0 aromatic heterocycles. The molecule has 2 rings (SSSR count).